The van der Waals surface area contributed by atoms with E-state index in [1.54, 1.807) is 6.92 Å². The molecule has 20 heavy (non-hydrogen) atoms. The van der Waals surface area contributed by atoms with Crippen LogP contribution in [-0.2, 0) is 16.4 Å². The fourth-order valence-corrected chi connectivity index (χ4v) is 2.42. The predicted octanol–water partition coefficient (Wildman–Crippen LogP) is -0.420. The zero-order chi connectivity index (χ0) is 14.6. The first-order valence-electron chi connectivity index (χ1n) is 5.73. The van der Waals surface area contributed by atoms with E-state index in [0.717, 1.165) is 0 Å². The van der Waals surface area contributed by atoms with Gasteiger partial charge in [-0.15, -0.1) is 0 Å². The van der Waals surface area contributed by atoms with E-state index < -0.39 is 10.0 Å². The van der Waals surface area contributed by atoms with Gasteiger partial charge in [-0.1, -0.05) is 5.16 Å². The molecular formula is C10H14N6O3S. The van der Waals surface area contributed by atoms with E-state index in [0.29, 0.717) is 24.0 Å². The first kappa shape index (κ1) is 14.4. The molecule has 0 aliphatic carbocycles. The maximum absolute atomic E-state index is 12.0. The fourth-order valence-electron chi connectivity index (χ4n) is 1.44. The average molecular weight is 298 g/mol. The van der Waals surface area contributed by atoms with Crippen molar-refractivity contribution in [1.29, 1.82) is 0 Å². The smallest absolute Gasteiger partial charge is 0.242 e. The van der Waals surface area contributed by atoms with Gasteiger partial charge in [0.2, 0.25) is 15.9 Å². The van der Waals surface area contributed by atoms with Gasteiger partial charge in [0.15, 0.2) is 5.82 Å². The van der Waals surface area contributed by atoms with E-state index in [2.05, 4.69) is 25.3 Å². The molecular weight excluding hydrogens is 284 g/mol. The standard InChI is InChI=1S/C10H14N6O3S/c1-7-14-10(19-16-7)4-5-13-20(17,18)8-2-3-9(15-11)12-6-8/h2-3,6,13H,4-5,11H2,1H3,(H,12,15). The lowest BCUT2D eigenvalue weighted by Crippen LogP contribution is -2.26. The number of hydrogen-bond donors (Lipinski definition) is 3. The second-order valence-corrected chi connectivity index (χ2v) is 5.67. The number of aromatic nitrogens is 3. The summed E-state index contributed by atoms with van der Waals surface area (Å²) in [6.45, 7) is 1.84. The summed E-state index contributed by atoms with van der Waals surface area (Å²) < 4.78 is 31.2. The van der Waals surface area contributed by atoms with Crippen molar-refractivity contribution < 1.29 is 12.9 Å². The minimum Gasteiger partial charge on any atom is -0.339 e. The van der Waals surface area contributed by atoms with Gasteiger partial charge < -0.3 is 9.95 Å². The number of aryl methyl sites for hydroxylation is 1. The monoisotopic (exact) mass is 298 g/mol. The molecule has 10 heteroatoms. The van der Waals surface area contributed by atoms with Gasteiger partial charge >= 0.3 is 0 Å². The van der Waals surface area contributed by atoms with Crippen LogP contribution in [0.4, 0.5) is 5.82 Å². The van der Waals surface area contributed by atoms with Crippen LogP contribution in [-0.4, -0.2) is 30.1 Å². The van der Waals surface area contributed by atoms with Gasteiger partial charge in [0.05, 0.1) is 0 Å². The third kappa shape index (κ3) is 3.50. The van der Waals surface area contributed by atoms with Crippen molar-refractivity contribution >= 4 is 15.8 Å². The number of nitrogens with two attached hydrogens (primary N) is 1. The van der Waals surface area contributed by atoms with E-state index in [1.165, 1.54) is 18.3 Å². The maximum Gasteiger partial charge on any atom is 0.242 e. The molecule has 0 aliphatic heterocycles. The lowest BCUT2D eigenvalue weighted by atomic mass is 10.4. The molecule has 2 rings (SSSR count). The van der Waals surface area contributed by atoms with Crippen molar-refractivity contribution in [3.05, 3.63) is 30.0 Å². The lowest BCUT2D eigenvalue weighted by molar-refractivity contribution is 0.375. The Bertz CT molecular complexity index is 667. The largest absolute Gasteiger partial charge is 0.339 e. The summed E-state index contributed by atoms with van der Waals surface area (Å²) in [5.74, 6) is 6.43. The van der Waals surface area contributed by atoms with Crippen molar-refractivity contribution in [3.8, 4) is 0 Å². The van der Waals surface area contributed by atoms with Crippen molar-refractivity contribution in [1.82, 2.24) is 19.8 Å². The summed E-state index contributed by atoms with van der Waals surface area (Å²) >= 11 is 0. The van der Waals surface area contributed by atoms with Crippen LogP contribution in [0.3, 0.4) is 0 Å². The molecule has 0 radical (unpaired) electrons. The fraction of sp³-hybridized carbons (Fsp3) is 0.300. The molecule has 0 amide bonds. The number of pyridine rings is 1. The second-order valence-electron chi connectivity index (χ2n) is 3.91. The van der Waals surface area contributed by atoms with Gasteiger partial charge in [-0.25, -0.2) is 24.0 Å². The number of nitrogen functional groups attached to an aromatic ring is 1. The number of hydrazine groups is 1. The van der Waals surface area contributed by atoms with E-state index in [9.17, 15) is 8.42 Å². The van der Waals surface area contributed by atoms with Crippen molar-refractivity contribution in [2.24, 2.45) is 5.84 Å². The number of sulfonamides is 1. The van der Waals surface area contributed by atoms with Gasteiger partial charge in [0, 0.05) is 19.2 Å². The summed E-state index contributed by atoms with van der Waals surface area (Å²) in [5, 5.41) is 3.62. The number of nitrogens with zero attached hydrogens (tertiary/aromatic N) is 3. The molecule has 2 heterocycles. The highest BCUT2D eigenvalue weighted by Crippen LogP contribution is 2.09. The number of rotatable bonds is 6. The molecule has 9 nitrogen and oxygen atoms in total. The van der Waals surface area contributed by atoms with Gasteiger partial charge in [-0.2, -0.15) is 4.98 Å². The third-order valence-corrected chi connectivity index (χ3v) is 3.84. The summed E-state index contributed by atoms with van der Waals surface area (Å²) in [6.07, 6.45) is 1.53. The van der Waals surface area contributed by atoms with E-state index >= 15 is 0 Å². The van der Waals surface area contributed by atoms with Crippen molar-refractivity contribution in [2.45, 2.75) is 18.2 Å². The highest BCUT2D eigenvalue weighted by atomic mass is 32.2. The van der Waals surface area contributed by atoms with Crippen LogP contribution in [0.1, 0.15) is 11.7 Å². The first-order chi connectivity index (χ1) is 9.51. The lowest BCUT2D eigenvalue weighted by Gasteiger charge is -2.05. The molecule has 0 saturated heterocycles. The third-order valence-electron chi connectivity index (χ3n) is 2.40. The Morgan fingerprint density at radius 2 is 2.20 bits per heavy atom. The molecule has 2 aromatic heterocycles. The van der Waals surface area contributed by atoms with Crippen molar-refractivity contribution in [2.75, 3.05) is 12.0 Å². The quantitative estimate of drug-likeness (QED) is 0.483. The van der Waals surface area contributed by atoms with Crippen LogP contribution in [0.15, 0.2) is 27.7 Å². The Labute approximate surface area is 115 Å². The normalized spacial score (nSPS) is 11.5. The minimum absolute atomic E-state index is 0.0539. The van der Waals surface area contributed by atoms with Gasteiger partial charge in [-0.3, -0.25) is 0 Å². The Morgan fingerprint density at radius 1 is 1.40 bits per heavy atom. The molecule has 0 spiro atoms. The van der Waals surface area contributed by atoms with Gasteiger partial charge in [0.25, 0.3) is 0 Å². The number of anilines is 1. The molecule has 0 saturated carbocycles. The van der Waals surface area contributed by atoms with Crippen LogP contribution in [0.25, 0.3) is 0 Å². The van der Waals surface area contributed by atoms with E-state index in [4.69, 9.17) is 10.4 Å². The van der Waals surface area contributed by atoms with Crippen LogP contribution >= 0.6 is 0 Å². The zero-order valence-corrected chi connectivity index (χ0v) is 11.5. The van der Waals surface area contributed by atoms with Gasteiger partial charge in [0.1, 0.15) is 10.7 Å². The highest BCUT2D eigenvalue weighted by Gasteiger charge is 2.14. The molecule has 0 atom stereocenters. The van der Waals surface area contributed by atoms with Crippen LogP contribution < -0.4 is 16.0 Å². The second kappa shape index (κ2) is 5.94. The molecule has 2 aromatic rings. The molecule has 108 valence electrons. The number of nitrogens with one attached hydrogen (secondary N) is 2. The first-order valence-corrected chi connectivity index (χ1v) is 7.21. The van der Waals surface area contributed by atoms with Crippen LogP contribution in [0.5, 0.6) is 0 Å². The molecule has 0 unspecified atom stereocenters. The van der Waals surface area contributed by atoms with Gasteiger partial charge in [-0.05, 0) is 19.1 Å². The Balaban J connectivity index is 1.96. The van der Waals surface area contributed by atoms with E-state index in [1.807, 2.05) is 0 Å². The molecule has 0 bridgehead atoms. The summed E-state index contributed by atoms with van der Waals surface area (Å²) in [7, 11) is -3.62. The Kier molecular flexibility index (Phi) is 4.27. The van der Waals surface area contributed by atoms with Crippen molar-refractivity contribution in [3.63, 3.8) is 0 Å². The predicted molar refractivity (Wildman–Crippen MR) is 70.0 cm³/mol. The summed E-state index contributed by atoms with van der Waals surface area (Å²) in [4.78, 5) is 7.87. The molecule has 0 fully saturated rings. The SMILES string of the molecule is Cc1noc(CCNS(=O)(=O)c2ccc(NN)nc2)n1. The Hall–Kier alpha value is -2.04. The molecule has 4 N–H and O–H groups in total. The summed E-state index contributed by atoms with van der Waals surface area (Å²) in [5.41, 5.74) is 2.32. The van der Waals surface area contributed by atoms with E-state index in [-0.39, 0.29) is 11.4 Å². The molecule has 0 aliphatic rings. The highest BCUT2D eigenvalue weighted by molar-refractivity contribution is 7.89. The number of hydrogen-bond acceptors (Lipinski definition) is 8. The van der Waals surface area contributed by atoms with Crippen LogP contribution in [0.2, 0.25) is 0 Å². The average Bonchev–Trinajstić information content (AvgIpc) is 2.84. The molecule has 0 aromatic carbocycles. The maximum atomic E-state index is 12.0. The Morgan fingerprint density at radius 3 is 2.75 bits per heavy atom. The van der Waals surface area contributed by atoms with Crippen LogP contribution in [0, 0.1) is 6.92 Å². The topological polar surface area (TPSA) is 136 Å². The minimum atomic E-state index is -3.62. The summed E-state index contributed by atoms with van der Waals surface area (Å²) in [6, 6.07) is 2.87. The zero-order valence-electron chi connectivity index (χ0n) is 10.7.